The zero-order chi connectivity index (χ0) is 36.8. The van der Waals surface area contributed by atoms with E-state index in [0.717, 1.165) is 128 Å². The predicted octanol–water partition coefficient (Wildman–Crippen LogP) is 13.3. The van der Waals surface area contributed by atoms with Gasteiger partial charge in [0.2, 0.25) is 17.3 Å². The Hall–Kier alpha value is -3.15. The minimum atomic E-state index is -0.237. The van der Waals surface area contributed by atoms with Crippen LogP contribution in [0.2, 0.25) is 0 Å². The lowest BCUT2D eigenvalue weighted by atomic mass is 10.0. The summed E-state index contributed by atoms with van der Waals surface area (Å²) >= 11 is 0. The maximum Gasteiger partial charge on any atom is 0.231 e. The van der Waals surface area contributed by atoms with Crippen molar-refractivity contribution in [3.63, 3.8) is 0 Å². The second-order valence-corrected chi connectivity index (χ2v) is 13.7. The molecule has 0 saturated carbocycles. The van der Waals surface area contributed by atoms with Gasteiger partial charge in [-0.2, -0.15) is 0 Å². The molecule has 0 aromatic heterocycles. The number of hydrogen-bond acceptors (Lipinski definition) is 6. The molecule has 0 aliphatic carbocycles. The van der Waals surface area contributed by atoms with E-state index in [-0.39, 0.29) is 5.78 Å². The molecule has 0 radical (unpaired) electrons. The first-order valence-corrected chi connectivity index (χ1v) is 20.8. The summed E-state index contributed by atoms with van der Waals surface area (Å²) in [6, 6.07) is 11.7. The van der Waals surface area contributed by atoms with Crippen molar-refractivity contribution in [2.45, 2.75) is 163 Å². The van der Waals surface area contributed by atoms with Gasteiger partial charge in [-0.05, 0) is 49.8 Å². The van der Waals surface area contributed by atoms with Gasteiger partial charge in [0.05, 0.1) is 38.6 Å². The van der Waals surface area contributed by atoms with Gasteiger partial charge in [-0.25, -0.2) is 0 Å². The van der Waals surface area contributed by atoms with E-state index in [9.17, 15) is 4.79 Å². The molecular weight excluding hydrogens is 636 g/mol. The van der Waals surface area contributed by atoms with E-state index in [1.54, 1.807) is 0 Å². The average molecular weight is 709 g/mol. The SMILES string of the molecule is CCCCCCOC(=Cc1ccccc1)C(=O)c1cc(OCCCCCC)c(OCCCCCC)c(OCCCCCC)c1OCCCCCC. The maximum atomic E-state index is 14.8. The summed E-state index contributed by atoms with van der Waals surface area (Å²) in [4.78, 5) is 14.8. The van der Waals surface area contributed by atoms with E-state index in [4.69, 9.17) is 23.7 Å². The number of ketones is 1. The lowest BCUT2D eigenvalue weighted by Crippen LogP contribution is -2.15. The van der Waals surface area contributed by atoms with Crippen LogP contribution in [0.4, 0.5) is 0 Å². The van der Waals surface area contributed by atoms with Gasteiger partial charge >= 0.3 is 0 Å². The van der Waals surface area contributed by atoms with Crippen LogP contribution in [0.15, 0.2) is 42.2 Å². The topological polar surface area (TPSA) is 63.2 Å². The summed E-state index contributed by atoms with van der Waals surface area (Å²) < 4.78 is 32.6. The van der Waals surface area contributed by atoms with Crippen LogP contribution in [-0.2, 0) is 4.74 Å². The van der Waals surface area contributed by atoms with Gasteiger partial charge < -0.3 is 23.7 Å². The normalized spacial score (nSPS) is 11.4. The smallest absolute Gasteiger partial charge is 0.231 e. The lowest BCUT2D eigenvalue weighted by molar-refractivity contribution is 0.0913. The Balaban J connectivity index is 2.69. The van der Waals surface area contributed by atoms with Crippen LogP contribution >= 0.6 is 0 Å². The van der Waals surface area contributed by atoms with Gasteiger partial charge in [-0.3, -0.25) is 4.79 Å². The summed E-state index contributed by atoms with van der Waals surface area (Å²) in [5, 5.41) is 0. The van der Waals surface area contributed by atoms with Crippen molar-refractivity contribution in [1.29, 1.82) is 0 Å². The highest BCUT2D eigenvalue weighted by molar-refractivity contribution is 6.12. The zero-order valence-electron chi connectivity index (χ0n) is 33.2. The Morgan fingerprint density at radius 1 is 0.490 bits per heavy atom. The van der Waals surface area contributed by atoms with E-state index >= 15 is 0 Å². The molecule has 0 aliphatic heterocycles. The molecular formula is C45H72O6. The fraction of sp³-hybridized carbons (Fsp3) is 0.667. The summed E-state index contributed by atoms with van der Waals surface area (Å²) in [6.45, 7) is 13.6. The molecule has 0 bridgehead atoms. The van der Waals surface area contributed by atoms with Gasteiger partial charge in [-0.1, -0.05) is 161 Å². The van der Waals surface area contributed by atoms with Crippen molar-refractivity contribution in [2.24, 2.45) is 0 Å². The van der Waals surface area contributed by atoms with Crippen molar-refractivity contribution >= 4 is 11.9 Å². The molecule has 51 heavy (non-hydrogen) atoms. The van der Waals surface area contributed by atoms with Crippen LogP contribution < -0.4 is 18.9 Å². The van der Waals surface area contributed by atoms with Crippen LogP contribution in [0.5, 0.6) is 23.0 Å². The Morgan fingerprint density at radius 2 is 0.922 bits per heavy atom. The fourth-order valence-electron chi connectivity index (χ4n) is 5.82. The highest BCUT2D eigenvalue weighted by atomic mass is 16.6. The fourth-order valence-corrected chi connectivity index (χ4v) is 5.82. The quantitative estimate of drug-likeness (QED) is 0.0318. The molecule has 288 valence electrons. The minimum Gasteiger partial charge on any atom is -0.490 e. The second-order valence-electron chi connectivity index (χ2n) is 13.7. The van der Waals surface area contributed by atoms with E-state index in [1.165, 1.54) is 6.42 Å². The zero-order valence-corrected chi connectivity index (χ0v) is 33.2. The third-order valence-corrected chi connectivity index (χ3v) is 8.97. The molecule has 6 heteroatoms. The molecule has 0 amide bonds. The van der Waals surface area contributed by atoms with E-state index in [2.05, 4.69) is 34.6 Å². The highest BCUT2D eigenvalue weighted by Crippen LogP contribution is 2.48. The average Bonchev–Trinajstić information content (AvgIpc) is 3.15. The Labute approximate surface area is 312 Å². The lowest BCUT2D eigenvalue weighted by Gasteiger charge is -2.23. The first kappa shape index (κ1) is 44.0. The summed E-state index contributed by atoms with van der Waals surface area (Å²) in [6.07, 6.45) is 23.3. The molecule has 0 spiro atoms. The number of unbranched alkanes of at least 4 members (excludes halogenated alkanes) is 15. The second kappa shape index (κ2) is 29.4. The van der Waals surface area contributed by atoms with Crippen LogP contribution in [0, 0.1) is 0 Å². The van der Waals surface area contributed by atoms with Crippen LogP contribution in [0.1, 0.15) is 179 Å². The van der Waals surface area contributed by atoms with Crippen molar-refractivity contribution in [2.75, 3.05) is 33.0 Å². The van der Waals surface area contributed by atoms with Gasteiger partial charge in [0, 0.05) is 0 Å². The molecule has 2 rings (SSSR count). The summed E-state index contributed by atoms with van der Waals surface area (Å²) in [5.41, 5.74) is 1.30. The monoisotopic (exact) mass is 709 g/mol. The molecule has 0 atom stereocenters. The summed E-state index contributed by atoms with van der Waals surface area (Å²) in [5.74, 6) is 2.06. The summed E-state index contributed by atoms with van der Waals surface area (Å²) in [7, 11) is 0. The number of hydrogen-bond donors (Lipinski definition) is 0. The molecule has 0 unspecified atom stereocenters. The molecule has 0 N–H and O–H groups in total. The van der Waals surface area contributed by atoms with Gasteiger partial charge in [-0.15, -0.1) is 0 Å². The van der Waals surface area contributed by atoms with E-state index in [1.807, 2.05) is 42.5 Å². The van der Waals surface area contributed by atoms with Gasteiger partial charge in [0.25, 0.3) is 0 Å². The standard InChI is InChI=1S/C45H72O6/c1-6-11-16-24-31-47-40(36-38-29-22-21-23-30-38)42(46)39-37-41(48-32-25-17-12-7-2)44(50-34-27-19-14-9-4)45(51-35-28-20-15-10-5)43(39)49-33-26-18-13-8-3/h21-23,29-30,36-37H,6-20,24-28,31-35H2,1-5H3. The number of ether oxygens (including phenoxy) is 5. The number of benzene rings is 2. The van der Waals surface area contributed by atoms with Crippen molar-refractivity contribution < 1.29 is 28.5 Å². The Morgan fingerprint density at radius 3 is 1.41 bits per heavy atom. The van der Waals surface area contributed by atoms with Crippen LogP contribution in [0.25, 0.3) is 6.08 Å². The molecule has 0 aliphatic rings. The number of carbonyl (C=O) groups excluding carboxylic acids is 1. The van der Waals surface area contributed by atoms with Gasteiger partial charge in [0.1, 0.15) is 0 Å². The first-order valence-electron chi connectivity index (χ1n) is 20.8. The van der Waals surface area contributed by atoms with E-state index in [0.29, 0.717) is 67.4 Å². The Bertz CT molecular complexity index is 1190. The third kappa shape index (κ3) is 18.3. The predicted molar refractivity (Wildman–Crippen MR) is 214 cm³/mol. The highest BCUT2D eigenvalue weighted by Gasteiger charge is 2.29. The maximum absolute atomic E-state index is 14.8. The number of Topliss-reactive ketones (excluding diaryl/α,β-unsaturated/α-hetero) is 1. The molecule has 0 heterocycles. The van der Waals surface area contributed by atoms with Crippen molar-refractivity contribution in [1.82, 2.24) is 0 Å². The molecule has 0 fully saturated rings. The number of carbonyl (C=O) groups is 1. The van der Waals surface area contributed by atoms with Crippen LogP contribution in [-0.4, -0.2) is 38.8 Å². The molecule has 2 aromatic carbocycles. The Kier molecular flexibility index (Phi) is 25.4. The first-order chi connectivity index (χ1) is 25.1. The van der Waals surface area contributed by atoms with Crippen molar-refractivity contribution in [3.05, 3.63) is 53.3 Å². The molecule has 0 saturated heterocycles. The van der Waals surface area contributed by atoms with E-state index < -0.39 is 0 Å². The van der Waals surface area contributed by atoms with Gasteiger partial charge in [0.15, 0.2) is 17.3 Å². The van der Waals surface area contributed by atoms with Crippen LogP contribution in [0.3, 0.4) is 0 Å². The minimum absolute atomic E-state index is 0.237. The van der Waals surface area contributed by atoms with Crippen molar-refractivity contribution in [3.8, 4) is 23.0 Å². The number of allylic oxidation sites excluding steroid dienone is 1. The molecule has 2 aromatic rings. The molecule has 6 nitrogen and oxygen atoms in total. The third-order valence-electron chi connectivity index (χ3n) is 8.97. The number of rotatable bonds is 33. The largest absolute Gasteiger partial charge is 0.490 e.